The minimum Gasteiger partial charge on any atom is -0.309 e. The summed E-state index contributed by atoms with van der Waals surface area (Å²) < 4.78 is 4.76. The first-order valence-electron chi connectivity index (χ1n) is 32.0. The Morgan fingerprint density at radius 3 is 0.837 bits per heavy atom. The van der Waals surface area contributed by atoms with E-state index in [0.29, 0.717) is 0 Å². The van der Waals surface area contributed by atoms with E-state index in [1.54, 1.807) is 0 Å². The smallest absolute Gasteiger partial charge is 0.0713 e. The molecule has 0 unspecified atom stereocenters. The quantitative estimate of drug-likeness (QED) is 0.114. The number of nitrogens with zero attached hydrogens (tertiary/aromatic N) is 2. The fraction of sp³-hybridized carbons (Fsp3) is 0.0222. The summed E-state index contributed by atoms with van der Waals surface area (Å²) in [6.07, 6.45) is 9.16. The molecule has 0 saturated heterocycles. The number of benzene rings is 14. The van der Waals surface area contributed by atoms with Gasteiger partial charge in [-0.3, -0.25) is 0 Å². The fourth-order valence-corrected chi connectivity index (χ4v) is 15.9. The van der Waals surface area contributed by atoms with Crippen molar-refractivity contribution in [3.05, 3.63) is 406 Å². The number of aromatic nitrogens is 2. The zero-order chi connectivity index (χ0) is 60.7. The van der Waals surface area contributed by atoms with Crippen LogP contribution in [0.4, 0.5) is 0 Å². The van der Waals surface area contributed by atoms with Gasteiger partial charge in [0.1, 0.15) is 0 Å². The summed E-state index contributed by atoms with van der Waals surface area (Å²) in [5.41, 5.74) is 28.0. The Balaban J connectivity index is 0.757. The summed E-state index contributed by atoms with van der Waals surface area (Å²) in [5.74, 6) is 0. The Kier molecular flexibility index (Phi) is 12.4. The molecule has 0 spiro atoms. The van der Waals surface area contributed by atoms with Gasteiger partial charge in [0.25, 0.3) is 0 Å². The first kappa shape index (κ1) is 53.2. The highest BCUT2D eigenvalue weighted by Gasteiger charge is 2.48. The van der Waals surface area contributed by atoms with Gasteiger partial charge in [0, 0.05) is 32.9 Å². The Morgan fingerprint density at radius 2 is 0.478 bits per heavy atom. The maximum atomic E-state index is 2.52. The molecule has 2 heteroatoms. The van der Waals surface area contributed by atoms with Gasteiger partial charge < -0.3 is 9.13 Å². The van der Waals surface area contributed by atoms with Gasteiger partial charge in [-0.15, -0.1) is 0 Å². The average Bonchev–Trinajstić information content (AvgIpc) is 1.52. The number of fused-ring (bicyclic) bond motifs is 12. The third-order valence-corrected chi connectivity index (χ3v) is 19.8. The highest BCUT2D eigenvalue weighted by molar-refractivity contribution is 6.11. The van der Waals surface area contributed by atoms with E-state index in [1.165, 1.54) is 122 Å². The standard InChI is InChI=1S/C90H60N2/c1-7-23-67(24-8-1)89(68-25-9-2-10-26-68)81-57-63(41-39-61-45-53-87-79(55-61)77-35-19-21-37-85(77)91(87)71-31-15-5-16-32-71)43-49-73(81)75-51-47-65(59-83(75)89)66-48-52-76-74-50-44-64(58-82(74)90(84(76)60-66,69-27-11-3-12-28-69)70-29-13-4-14-30-70)42-40-62-46-54-88-80(56-62)78-36-20-22-38-86(78)92(88)72-33-17-6-18-34-72/h1-60H. The number of hydrogen-bond donors (Lipinski definition) is 0. The van der Waals surface area contributed by atoms with Crippen LogP contribution in [0.2, 0.25) is 0 Å². The van der Waals surface area contributed by atoms with E-state index in [0.717, 1.165) is 33.6 Å². The van der Waals surface area contributed by atoms with Crippen LogP contribution in [0, 0.1) is 0 Å². The largest absolute Gasteiger partial charge is 0.309 e. The van der Waals surface area contributed by atoms with Gasteiger partial charge in [0.2, 0.25) is 0 Å². The number of rotatable bonds is 11. The second-order valence-electron chi connectivity index (χ2n) is 24.7. The van der Waals surface area contributed by atoms with E-state index in [-0.39, 0.29) is 0 Å². The molecule has 0 bridgehead atoms. The second kappa shape index (κ2) is 21.4. The van der Waals surface area contributed by atoms with Crippen molar-refractivity contribution in [1.82, 2.24) is 9.13 Å². The van der Waals surface area contributed by atoms with Crippen LogP contribution in [-0.4, -0.2) is 9.13 Å². The molecule has 18 rings (SSSR count). The summed E-state index contributed by atoms with van der Waals surface area (Å²) >= 11 is 0. The minimum absolute atomic E-state index is 0.618. The van der Waals surface area contributed by atoms with Gasteiger partial charge in [0.05, 0.1) is 32.9 Å². The summed E-state index contributed by atoms with van der Waals surface area (Å²) in [7, 11) is 0. The van der Waals surface area contributed by atoms with Crippen LogP contribution in [0.3, 0.4) is 0 Å². The maximum Gasteiger partial charge on any atom is 0.0713 e. The maximum absolute atomic E-state index is 2.52. The molecule has 0 fully saturated rings. The zero-order valence-electron chi connectivity index (χ0n) is 50.5. The lowest BCUT2D eigenvalue weighted by Gasteiger charge is -2.35. The molecule has 2 aliphatic carbocycles. The Labute approximate surface area is 535 Å². The van der Waals surface area contributed by atoms with Crippen molar-refractivity contribution >= 4 is 67.9 Å². The van der Waals surface area contributed by atoms with Crippen LogP contribution in [0.15, 0.2) is 340 Å². The van der Waals surface area contributed by atoms with E-state index in [1.807, 2.05) is 0 Å². The number of hydrogen-bond acceptors (Lipinski definition) is 0. The van der Waals surface area contributed by atoms with Crippen molar-refractivity contribution in [2.24, 2.45) is 0 Å². The van der Waals surface area contributed by atoms with Gasteiger partial charge >= 0.3 is 0 Å². The molecule has 0 aliphatic heterocycles. The van der Waals surface area contributed by atoms with Crippen molar-refractivity contribution in [2.45, 2.75) is 10.8 Å². The van der Waals surface area contributed by atoms with Crippen LogP contribution in [-0.2, 0) is 10.8 Å². The van der Waals surface area contributed by atoms with E-state index in [9.17, 15) is 0 Å². The fourth-order valence-electron chi connectivity index (χ4n) is 15.9. The molecule has 14 aromatic carbocycles. The topological polar surface area (TPSA) is 9.86 Å². The van der Waals surface area contributed by atoms with Crippen LogP contribution in [0.5, 0.6) is 0 Å². The molecular formula is C90H60N2. The molecule has 2 nitrogen and oxygen atoms in total. The van der Waals surface area contributed by atoms with Crippen LogP contribution in [0.1, 0.15) is 66.8 Å². The lowest BCUT2D eigenvalue weighted by atomic mass is 9.66. The minimum atomic E-state index is -0.618. The SMILES string of the molecule is C(=Cc1ccc2c(c1)c1ccccc1n2-c1ccccc1)c1ccc2c(c1)C(c1ccccc1)(c1ccccc1)c1cc(-c3ccc4c(c3)C(c3ccccc3)(c3ccccc3)c3cc(C=Cc5ccc6c(c5)c5ccccc5n6-c5ccccc5)ccc3-4)ccc1-2. The molecule has 2 aromatic heterocycles. The van der Waals surface area contributed by atoms with Gasteiger partial charge in [-0.05, 0) is 185 Å². The molecule has 92 heavy (non-hydrogen) atoms. The van der Waals surface area contributed by atoms with Crippen molar-refractivity contribution in [3.8, 4) is 44.8 Å². The van der Waals surface area contributed by atoms with Gasteiger partial charge in [-0.1, -0.05) is 279 Å². The monoisotopic (exact) mass is 1170 g/mol. The molecule has 2 heterocycles. The third-order valence-electron chi connectivity index (χ3n) is 19.8. The lowest BCUT2D eigenvalue weighted by Crippen LogP contribution is -2.29. The predicted molar refractivity (Wildman–Crippen MR) is 386 cm³/mol. The first-order valence-corrected chi connectivity index (χ1v) is 32.0. The highest BCUT2D eigenvalue weighted by atomic mass is 15.0. The number of para-hydroxylation sites is 4. The van der Waals surface area contributed by atoms with E-state index >= 15 is 0 Å². The Bertz CT molecular complexity index is 5170. The average molecular weight is 1170 g/mol. The Morgan fingerprint density at radius 1 is 0.207 bits per heavy atom. The molecule has 0 atom stereocenters. The van der Waals surface area contributed by atoms with Crippen molar-refractivity contribution in [2.75, 3.05) is 0 Å². The summed E-state index contributed by atoms with van der Waals surface area (Å²) in [6.45, 7) is 0. The van der Waals surface area contributed by atoms with E-state index in [4.69, 9.17) is 0 Å². The Hall–Kier alpha value is -11.8. The second-order valence-corrected chi connectivity index (χ2v) is 24.7. The van der Waals surface area contributed by atoms with Crippen molar-refractivity contribution < 1.29 is 0 Å². The molecule has 0 saturated carbocycles. The van der Waals surface area contributed by atoms with E-state index in [2.05, 4.69) is 373 Å². The molecule has 16 aromatic rings. The van der Waals surface area contributed by atoms with Crippen molar-refractivity contribution in [3.63, 3.8) is 0 Å². The van der Waals surface area contributed by atoms with Gasteiger partial charge in [-0.25, -0.2) is 0 Å². The predicted octanol–water partition coefficient (Wildman–Crippen LogP) is 22.6. The van der Waals surface area contributed by atoms with Crippen molar-refractivity contribution in [1.29, 1.82) is 0 Å². The molecule has 0 amide bonds. The molecule has 430 valence electrons. The third kappa shape index (κ3) is 8.20. The first-order chi connectivity index (χ1) is 45.6. The summed E-state index contributed by atoms with van der Waals surface area (Å²) in [5, 5.41) is 4.98. The molecular weight excluding hydrogens is 1110 g/mol. The molecule has 0 radical (unpaired) electrons. The summed E-state index contributed by atoms with van der Waals surface area (Å²) in [4.78, 5) is 0. The summed E-state index contributed by atoms with van der Waals surface area (Å²) in [6, 6.07) is 126. The van der Waals surface area contributed by atoms with Crippen LogP contribution in [0.25, 0.3) is 113 Å². The molecule has 2 aliphatic rings. The normalized spacial score (nSPS) is 13.5. The highest BCUT2D eigenvalue weighted by Crippen LogP contribution is 2.60. The van der Waals surface area contributed by atoms with Crippen LogP contribution < -0.4 is 0 Å². The van der Waals surface area contributed by atoms with E-state index < -0.39 is 10.8 Å². The van der Waals surface area contributed by atoms with Crippen LogP contribution >= 0.6 is 0 Å². The zero-order valence-corrected chi connectivity index (χ0v) is 50.5. The van der Waals surface area contributed by atoms with Gasteiger partial charge in [0.15, 0.2) is 0 Å². The lowest BCUT2D eigenvalue weighted by molar-refractivity contribution is 0.767. The van der Waals surface area contributed by atoms with Gasteiger partial charge in [-0.2, -0.15) is 0 Å². The molecule has 0 N–H and O–H groups in total.